The van der Waals surface area contributed by atoms with Gasteiger partial charge in [0.15, 0.2) is 0 Å². The first-order valence-electron chi connectivity index (χ1n) is 7.77. The second kappa shape index (κ2) is 6.09. The van der Waals surface area contributed by atoms with Gasteiger partial charge in [0, 0.05) is 0 Å². The van der Waals surface area contributed by atoms with Gasteiger partial charge < -0.3 is 5.11 Å². The normalized spacial score (nSPS) is 31.6. The molecule has 1 fully saturated rings. The predicted octanol–water partition coefficient (Wildman–Crippen LogP) is 4.44. The molecule has 1 aliphatic rings. The zero-order chi connectivity index (χ0) is 13.9. The lowest BCUT2D eigenvalue weighted by molar-refractivity contribution is -0.0720. The Morgan fingerprint density at radius 1 is 1.21 bits per heavy atom. The van der Waals surface area contributed by atoms with Crippen LogP contribution in [0.4, 0.5) is 0 Å². The van der Waals surface area contributed by atoms with E-state index in [1.807, 2.05) is 0 Å². The zero-order valence-corrected chi connectivity index (χ0v) is 12.6. The summed E-state index contributed by atoms with van der Waals surface area (Å²) in [5.74, 6) is 1.82. The fourth-order valence-corrected chi connectivity index (χ4v) is 3.41. The molecule has 2 rings (SSSR count). The quantitative estimate of drug-likeness (QED) is 0.848. The monoisotopic (exact) mass is 260 g/mol. The van der Waals surface area contributed by atoms with Gasteiger partial charge in [-0.15, -0.1) is 0 Å². The summed E-state index contributed by atoms with van der Waals surface area (Å²) >= 11 is 0. The first-order valence-corrected chi connectivity index (χ1v) is 7.77. The average Bonchev–Trinajstić information content (AvgIpc) is 2.41. The third kappa shape index (κ3) is 3.60. The number of hydrogen-bond donors (Lipinski definition) is 1. The molecule has 19 heavy (non-hydrogen) atoms. The van der Waals surface area contributed by atoms with E-state index in [2.05, 4.69) is 51.1 Å². The SMILES string of the molecule is CC(C)[C@H]1CC[C@@H](C)[C@@](O)(CCc2ccccc2)C1. The Bertz CT molecular complexity index is 384. The second-order valence-electron chi connectivity index (χ2n) is 6.78. The van der Waals surface area contributed by atoms with Crippen molar-refractivity contribution >= 4 is 0 Å². The van der Waals surface area contributed by atoms with Crippen LogP contribution < -0.4 is 0 Å². The van der Waals surface area contributed by atoms with E-state index in [1.165, 1.54) is 18.4 Å². The van der Waals surface area contributed by atoms with E-state index in [0.29, 0.717) is 17.8 Å². The Balaban J connectivity index is 1.99. The van der Waals surface area contributed by atoms with Crippen LogP contribution in [0.15, 0.2) is 30.3 Å². The molecular formula is C18H28O. The van der Waals surface area contributed by atoms with E-state index < -0.39 is 5.60 Å². The largest absolute Gasteiger partial charge is 0.390 e. The fraction of sp³-hybridized carbons (Fsp3) is 0.667. The van der Waals surface area contributed by atoms with E-state index in [0.717, 1.165) is 19.3 Å². The summed E-state index contributed by atoms with van der Waals surface area (Å²) in [4.78, 5) is 0. The molecule has 0 amide bonds. The Kier molecular flexibility index (Phi) is 4.67. The molecule has 1 aromatic carbocycles. The molecule has 106 valence electrons. The molecule has 0 heterocycles. The fourth-order valence-electron chi connectivity index (χ4n) is 3.41. The van der Waals surface area contributed by atoms with Crippen LogP contribution in [-0.2, 0) is 6.42 Å². The standard InChI is InChI=1S/C18H28O/c1-14(2)17-10-9-15(3)18(19,13-17)12-11-16-7-5-4-6-8-16/h4-8,14-15,17,19H,9-13H2,1-3H3/t15-,17+,18-/m1/s1. The molecule has 1 heteroatoms. The van der Waals surface area contributed by atoms with Crippen molar-refractivity contribution in [3.05, 3.63) is 35.9 Å². The summed E-state index contributed by atoms with van der Waals surface area (Å²) < 4.78 is 0. The van der Waals surface area contributed by atoms with Crippen molar-refractivity contribution in [3.63, 3.8) is 0 Å². The van der Waals surface area contributed by atoms with Crippen LogP contribution in [-0.4, -0.2) is 10.7 Å². The van der Waals surface area contributed by atoms with E-state index in [1.54, 1.807) is 0 Å². The summed E-state index contributed by atoms with van der Waals surface area (Å²) in [6.07, 6.45) is 5.34. The highest BCUT2D eigenvalue weighted by Crippen LogP contribution is 2.42. The van der Waals surface area contributed by atoms with Crippen molar-refractivity contribution in [2.45, 2.75) is 58.5 Å². The Morgan fingerprint density at radius 3 is 2.53 bits per heavy atom. The Labute approximate surface area is 118 Å². The minimum absolute atomic E-state index is 0.436. The molecule has 0 radical (unpaired) electrons. The van der Waals surface area contributed by atoms with Gasteiger partial charge in [-0.05, 0) is 55.4 Å². The molecular weight excluding hydrogens is 232 g/mol. The van der Waals surface area contributed by atoms with Gasteiger partial charge in [-0.25, -0.2) is 0 Å². The van der Waals surface area contributed by atoms with E-state index in [9.17, 15) is 5.11 Å². The van der Waals surface area contributed by atoms with Gasteiger partial charge in [-0.2, -0.15) is 0 Å². The van der Waals surface area contributed by atoms with Crippen molar-refractivity contribution < 1.29 is 5.11 Å². The van der Waals surface area contributed by atoms with Crippen LogP contribution in [0.25, 0.3) is 0 Å². The zero-order valence-electron chi connectivity index (χ0n) is 12.6. The summed E-state index contributed by atoms with van der Waals surface area (Å²) in [6.45, 7) is 6.80. The lowest BCUT2D eigenvalue weighted by Gasteiger charge is -2.43. The highest BCUT2D eigenvalue weighted by Gasteiger charge is 2.40. The second-order valence-corrected chi connectivity index (χ2v) is 6.78. The lowest BCUT2D eigenvalue weighted by Crippen LogP contribution is -2.43. The van der Waals surface area contributed by atoms with E-state index >= 15 is 0 Å². The van der Waals surface area contributed by atoms with Crippen LogP contribution in [0.1, 0.15) is 52.0 Å². The lowest BCUT2D eigenvalue weighted by atomic mass is 9.66. The molecule has 1 N–H and O–H groups in total. The van der Waals surface area contributed by atoms with Crippen LogP contribution in [0.2, 0.25) is 0 Å². The van der Waals surface area contributed by atoms with Gasteiger partial charge in [-0.3, -0.25) is 0 Å². The highest BCUT2D eigenvalue weighted by atomic mass is 16.3. The smallest absolute Gasteiger partial charge is 0.0679 e. The van der Waals surface area contributed by atoms with Crippen LogP contribution in [0.5, 0.6) is 0 Å². The van der Waals surface area contributed by atoms with Crippen LogP contribution in [0.3, 0.4) is 0 Å². The summed E-state index contributed by atoms with van der Waals surface area (Å²) in [7, 11) is 0. The Morgan fingerprint density at radius 2 is 1.89 bits per heavy atom. The molecule has 0 unspecified atom stereocenters. The molecule has 0 aliphatic heterocycles. The van der Waals surface area contributed by atoms with Gasteiger partial charge in [0.05, 0.1) is 5.60 Å². The highest BCUT2D eigenvalue weighted by molar-refractivity contribution is 5.15. The van der Waals surface area contributed by atoms with Gasteiger partial charge in [-0.1, -0.05) is 51.1 Å². The summed E-state index contributed by atoms with van der Waals surface area (Å²) in [5, 5.41) is 11.0. The van der Waals surface area contributed by atoms with Crippen molar-refractivity contribution in [2.24, 2.45) is 17.8 Å². The van der Waals surface area contributed by atoms with Crippen molar-refractivity contribution in [3.8, 4) is 0 Å². The maximum Gasteiger partial charge on any atom is 0.0679 e. The maximum absolute atomic E-state index is 11.0. The average molecular weight is 260 g/mol. The van der Waals surface area contributed by atoms with Crippen LogP contribution >= 0.6 is 0 Å². The first-order chi connectivity index (χ1) is 9.01. The van der Waals surface area contributed by atoms with Gasteiger partial charge in [0.2, 0.25) is 0 Å². The number of aryl methyl sites for hydroxylation is 1. The molecule has 3 atom stereocenters. The molecule has 1 nitrogen and oxygen atoms in total. The van der Waals surface area contributed by atoms with Crippen molar-refractivity contribution in [2.75, 3.05) is 0 Å². The number of aliphatic hydroxyl groups is 1. The summed E-state index contributed by atoms with van der Waals surface area (Å²) in [6, 6.07) is 10.5. The van der Waals surface area contributed by atoms with Crippen LogP contribution in [0, 0.1) is 17.8 Å². The van der Waals surface area contributed by atoms with E-state index in [-0.39, 0.29) is 0 Å². The minimum Gasteiger partial charge on any atom is -0.390 e. The van der Waals surface area contributed by atoms with Gasteiger partial charge in [0.25, 0.3) is 0 Å². The molecule has 0 aromatic heterocycles. The van der Waals surface area contributed by atoms with Crippen molar-refractivity contribution in [1.29, 1.82) is 0 Å². The molecule has 0 spiro atoms. The third-order valence-corrected chi connectivity index (χ3v) is 5.14. The summed E-state index contributed by atoms with van der Waals surface area (Å²) in [5.41, 5.74) is 0.887. The van der Waals surface area contributed by atoms with Gasteiger partial charge in [0.1, 0.15) is 0 Å². The van der Waals surface area contributed by atoms with Gasteiger partial charge >= 0.3 is 0 Å². The topological polar surface area (TPSA) is 20.2 Å². The predicted molar refractivity (Wildman–Crippen MR) is 81.1 cm³/mol. The number of benzene rings is 1. The molecule has 1 aromatic rings. The third-order valence-electron chi connectivity index (χ3n) is 5.14. The molecule has 0 saturated heterocycles. The maximum atomic E-state index is 11.0. The number of hydrogen-bond acceptors (Lipinski definition) is 1. The van der Waals surface area contributed by atoms with E-state index in [4.69, 9.17) is 0 Å². The first kappa shape index (κ1) is 14.6. The Hall–Kier alpha value is -0.820. The molecule has 1 aliphatic carbocycles. The molecule has 1 saturated carbocycles. The minimum atomic E-state index is -0.455. The molecule has 0 bridgehead atoms. The van der Waals surface area contributed by atoms with Crippen molar-refractivity contribution in [1.82, 2.24) is 0 Å². The number of rotatable bonds is 4.